The Kier molecular flexibility index (Phi) is 3.39. The fourth-order valence-electron chi connectivity index (χ4n) is 1.98. The molecule has 1 rings (SSSR count). The highest BCUT2D eigenvalue weighted by Gasteiger charge is 2.58. The first-order valence-corrected chi connectivity index (χ1v) is 4.87. The van der Waals surface area contributed by atoms with Crippen LogP contribution in [0.25, 0.3) is 0 Å². The van der Waals surface area contributed by atoms with Gasteiger partial charge in [0.15, 0.2) is 0 Å². The molecule has 0 aromatic heterocycles. The topological polar surface area (TPSA) is 121 Å². The van der Waals surface area contributed by atoms with Gasteiger partial charge in [0.05, 0.1) is 0 Å². The Balaban J connectivity index is 3.07. The van der Waals surface area contributed by atoms with Crippen molar-refractivity contribution < 1.29 is 30.6 Å². The van der Waals surface area contributed by atoms with Gasteiger partial charge in [-0.1, -0.05) is 13.8 Å². The average molecular weight is 222 g/mol. The van der Waals surface area contributed by atoms with E-state index < -0.39 is 42.0 Å². The van der Waals surface area contributed by atoms with Gasteiger partial charge in [0.2, 0.25) is 0 Å². The maximum Gasteiger partial charge on any atom is 0.124 e. The summed E-state index contributed by atoms with van der Waals surface area (Å²) in [5.74, 6) is -0.584. The number of aliphatic hydroxyl groups excluding tert-OH is 5. The molecule has 15 heavy (non-hydrogen) atoms. The SMILES string of the molecule is CC(C)C1(O)[C@H](O)[C@H](O)C(O)[C@H](O)[C@H]1O. The molecule has 6 N–H and O–H groups in total. The highest BCUT2D eigenvalue weighted by atomic mass is 16.4. The van der Waals surface area contributed by atoms with Gasteiger partial charge in [-0.2, -0.15) is 0 Å². The molecule has 0 aliphatic heterocycles. The van der Waals surface area contributed by atoms with Crippen molar-refractivity contribution in [1.29, 1.82) is 0 Å². The molecule has 6 nitrogen and oxygen atoms in total. The van der Waals surface area contributed by atoms with E-state index in [4.69, 9.17) is 0 Å². The number of rotatable bonds is 1. The van der Waals surface area contributed by atoms with Crippen molar-refractivity contribution in [3.63, 3.8) is 0 Å². The molecule has 90 valence electrons. The van der Waals surface area contributed by atoms with Gasteiger partial charge in [-0.15, -0.1) is 0 Å². The van der Waals surface area contributed by atoms with E-state index in [1.54, 1.807) is 0 Å². The fraction of sp³-hybridized carbons (Fsp3) is 1.00. The summed E-state index contributed by atoms with van der Waals surface area (Å²) in [5.41, 5.74) is -2.03. The molecule has 1 saturated carbocycles. The van der Waals surface area contributed by atoms with Gasteiger partial charge in [0.1, 0.15) is 36.1 Å². The first-order valence-electron chi connectivity index (χ1n) is 4.87. The molecule has 0 heterocycles. The highest BCUT2D eigenvalue weighted by molar-refractivity contribution is 5.09. The van der Waals surface area contributed by atoms with Crippen LogP contribution in [0.2, 0.25) is 0 Å². The van der Waals surface area contributed by atoms with Crippen molar-refractivity contribution >= 4 is 0 Å². The predicted octanol–water partition coefficient (Wildman–Crippen LogP) is -2.81. The quantitative estimate of drug-likeness (QED) is 0.285. The van der Waals surface area contributed by atoms with Crippen LogP contribution in [0.15, 0.2) is 0 Å². The zero-order valence-corrected chi connectivity index (χ0v) is 8.65. The summed E-state index contributed by atoms with van der Waals surface area (Å²) in [5, 5.41) is 57.2. The van der Waals surface area contributed by atoms with Gasteiger partial charge in [-0.25, -0.2) is 0 Å². The van der Waals surface area contributed by atoms with Gasteiger partial charge in [-0.3, -0.25) is 0 Å². The van der Waals surface area contributed by atoms with E-state index in [0.717, 1.165) is 0 Å². The van der Waals surface area contributed by atoms with Gasteiger partial charge in [0.25, 0.3) is 0 Å². The minimum Gasteiger partial charge on any atom is -0.387 e. The second kappa shape index (κ2) is 3.97. The van der Waals surface area contributed by atoms with Crippen LogP contribution < -0.4 is 0 Å². The van der Waals surface area contributed by atoms with Crippen LogP contribution in [-0.4, -0.2) is 66.8 Å². The van der Waals surface area contributed by atoms with E-state index in [2.05, 4.69) is 0 Å². The summed E-state index contributed by atoms with van der Waals surface area (Å²) in [6.07, 6.45) is -8.45. The third-order valence-electron chi connectivity index (χ3n) is 3.22. The van der Waals surface area contributed by atoms with E-state index in [1.807, 2.05) is 0 Å². The lowest BCUT2D eigenvalue weighted by atomic mass is 9.69. The molecule has 6 heteroatoms. The Morgan fingerprint density at radius 1 is 0.800 bits per heavy atom. The summed E-state index contributed by atoms with van der Waals surface area (Å²) in [6, 6.07) is 0. The second-order valence-corrected chi connectivity index (χ2v) is 4.40. The van der Waals surface area contributed by atoms with E-state index >= 15 is 0 Å². The highest BCUT2D eigenvalue weighted by Crippen LogP contribution is 2.35. The summed E-state index contributed by atoms with van der Waals surface area (Å²) < 4.78 is 0. The Bertz CT molecular complexity index is 215. The van der Waals surface area contributed by atoms with E-state index in [-0.39, 0.29) is 0 Å². The van der Waals surface area contributed by atoms with E-state index in [1.165, 1.54) is 13.8 Å². The second-order valence-electron chi connectivity index (χ2n) is 4.40. The molecule has 1 fully saturated rings. The van der Waals surface area contributed by atoms with Crippen molar-refractivity contribution in [2.75, 3.05) is 0 Å². The first-order chi connectivity index (χ1) is 6.74. The maximum atomic E-state index is 10.0. The molecular formula is C9H18O6. The number of aliphatic hydroxyl groups is 6. The molecule has 0 bridgehead atoms. The average Bonchev–Trinajstić information content (AvgIpc) is 2.20. The molecule has 0 saturated heterocycles. The Morgan fingerprint density at radius 2 is 1.13 bits per heavy atom. The van der Waals surface area contributed by atoms with Gasteiger partial charge in [-0.05, 0) is 5.92 Å². The predicted molar refractivity (Wildman–Crippen MR) is 49.8 cm³/mol. The molecule has 1 aliphatic carbocycles. The van der Waals surface area contributed by atoms with Crippen LogP contribution in [0.1, 0.15) is 13.8 Å². The molecule has 1 aliphatic rings. The smallest absolute Gasteiger partial charge is 0.124 e. The van der Waals surface area contributed by atoms with Crippen molar-refractivity contribution in [3.8, 4) is 0 Å². The summed E-state index contributed by atoms with van der Waals surface area (Å²) >= 11 is 0. The zero-order valence-electron chi connectivity index (χ0n) is 8.65. The van der Waals surface area contributed by atoms with Crippen LogP contribution in [0.5, 0.6) is 0 Å². The van der Waals surface area contributed by atoms with Gasteiger partial charge < -0.3 is 30.6 Å². The zero-order chi connectivity index (χ0) is 12.0. The molecule has 0 radical (unpaired) electrons. The molecular weight excluding hydrogens is 204 g/mol. The largest absolute Gasteiger partial charge is 0.387 e. The molecule has 0 aromatic rings. The molecule has 0 amide bonds. The summed E-state index contributed by atoms with van der Waals surface area (Å²) in [6.45, 7) is 3.06. The minimum absolute atomic E-state index is 0.584. The van der Waals surface area contributed by atoms with Gasteiger partial charge >= 0.3 is 0 Å². The molecule has 6 atom stereocenters. The third-order valence-corrected chi connectivity index (χ3v) is 3.22. The lowest BCUT2D eigenvalue weighted by molar-refractivity contribution is -0.280. The standard InChI is InChI=1S/C9H18O6/c1-3(2)9(15)7(13)5(11)4(10)6(12)8(9)14/h3-8,10-15H,1-2H3/t4?,5-,6+,7-,8-,9?/m1/s1. The van der Waals surface area contributed by atoms with E-state index in [9.17, 15) is 30.6 Å². The number of hydrogen-bond acceptors (Lipinski definition) is 6. The van der Waals surface area contributed by atoms with Crippen LogP contribution in [0, 0.1) is 5.92 Å². The summed E-state index contributed by atoms with van der Waals surface area (Å²) in [4.78, 5) is 0. The molecule has 2 unspecified atom stereocenters. The molecule has 0 aromatic carbocycles. The monoisotopic (exact) mass is 222 g/mol. The van der Waals surface area contributed by atoms with E-state index in [0.29, 0.717) is 0 Å². The van der Waals surface area contributed by atoms with Crippen LogP contribution in [-0.2, 0) is 0 Å². The lowest BCUT2D eigenvalue weighted by Gasteiger charge is -2.49. The Morgan fingerprint density at radius 3 is 1.40 bits per heavy atom. The van der Waals surface area contributed by atoms with Crippen LogP contribution >= 0.6 is 0 Å². The normalized spacial score (nSPS) is 52.2. The molecule has 0 spiro atoms. The lowest BCUT2D eigenvalue weighted by Crippen LogP contribution is -2.72. The van der Waals surface area contributed by atoms with Crippen molar-refractivity contribution in [2.24, 2.45) is 5.92 Å². The fourth-order valence-corrected chi connectivity index (χ4v) is 1.98. The maximum absolute atomic E-state index is 10.0. The van der Waals surface area contributed by atoms with Gasteiger partial charge in [0, 0.05) is 0 Å². The minimum atomic E-state index is -2.03. The Hall–Kier alpha value is -0.240. The van der Waals surface area contributed by atoms with Crippen molar-refractivity contribution in [2.45, 2.75) is 50.0 Å². The Labute approximate surface area is 87.4 Å². The first kappa shape index (κ1) is 12.8. The van der Waals surface area contributed by atoms with Crippen LogP contribution in [0.4, 0.5) is 0 Å². The van der Waals surface area contributed by atoms with Crippen LogP contribution in [0.3, 0.4) is 0 Å². The third kappa shape index (κ3) is 1.67. The number of hydrogen-bond donors (Lipinski definition) is 6. The van der Waals surface area contributed by atoms with Crippen molar-refractivity contribution in [3.05, 3.63) is 0 Å². The van der Waals surface area contributed by atoms with Crippen molar-refractivity contribution in [1.82, 2.24) is 0 Å². The summed E-state index contributed by atoms with van der Waals surface area (Å²) in [7, 11) is 0.